The number of carboxylic acids is 1. The van der Waals surface area contributed by atoms with E-state index in [0.717, 1.165) is 23.4 Å². The molecule has 0 spiro atoms. The monoisotopic (exact) mass is 262 g/mol. The van der Waals surface area contributed by atoms with Crippen molar-refractivity contribution in [3.05, 3.63) is 29.6 Å². The molecule has 0 aliphatic carbocycles. The second-order valence-corrected chi connectivity index (χ2v) is 3.93. The Morgan fingerprint density at radius 2 is 2.26 bits per heavy atom. The van der Waals surface area contributed by atoms with Crippen molar-refractivity contribution in [1.82, 2.24) is 20.2 Å². The van der Waals surface area contributed by atoms with Gasteiger partial charge < -0.3 is 9.84 Å². The van der Waals surface area contributed by atoms with Crippen LogP contribution in [0.5, 0.6) is 5.75 Å². The molecule has 0 fully saturated rings. The molecule has 0 saturated carbocycles. The van der Waals surface area contributed by atoms with Crippen molar-refractivity contribution in [3.63, 3.8) is 0 Å². The second-order valence-electron chi connectivity index (χ2n) is 3.93. The van der Waals surface area contributed by atoms with E-state index in [4.69, 9.17) is 9.84 Å². The van der Waals surface area contributed by atoms with Crippen LogP contribution in [-0.4, -0.2) is 38.4 Å². The number of rotatable bonds is 5. The van der Waals surface area contributed by atoms with Gasteiger partial charge in [0.05, 0.1) is 12.8 Å². The number of benzene rings is 1. The van der Waals surface area contributed by atoms with Crippen LogP contribution < -0.4 is 4.74 Å². The molecule has 0 aliphatic heterocycles. The lowest BCUT2D eigenvalue weighted by atomic mass is 10.1. The normalized spacial score (nSPS) is 10.4. The van der Waals surface area contributed by atoms with E-state index in [9.17, 15) is 4.79 Å². The molecule has 0 amide bonds. The molecule has 19 heavy (non-hydrogen) atoms. The van der Waals surface area contributed by atoms with Crippen LogP contribution >= 0.6 is 0 Å². The number of nitrogens with zero attached hydrogens (tertiary/aromatic N) is 4. The van der Waals surface area contributed by atoms with Gasteiger partial charge in [-0.3, -0.25) is 4.79 Å². The Balaban J connectivity index is 2.42. The van der Waals surface area contributed by atoms with Crippen molar-refractivity contribution < 1.29 is 14.6 Å². The molecule has 0 saturated heterocycles. The molecule has 1 aromatic carbocycles. The Bertz CT molecular complexity index is 594. The van der Waals surface area contributed by atoms with Crippen LogP contribution in [0.1, 0.15) is 18.3 Å². The predicted octanol–water partition coefficient (Wildman–Crippen LogP) is 0.860. The molecule has 100 valence electrons. The van der Waals surface area contributed by atoms with Crippen molar-refractivity contribution in [2.45, 2.75) is 19.8 Å². The van der Waals surface area contributed by atoms with Crippen LogP contribution in [-0.2, 0) is 17.6 Å². The van der Waals surface area contributed by atoms with Crippen LogP contribution in [0.2, 0.25) is 0 Å². The smallest absolute Gasteiger partial charge is 0.311 e. The highest BCUT2D eigenvalue weighted by molar-refractivity contribution is 5.69. The molecule has 0 unspecified atom stereocenters. The molecular weight excluding hydrogens is 248 g/mol. The van der Waals surface area contributed by atoms with Gasteiger partial charge in [-0.15, -0.1) is 5.10 Å². The number of tetrazole rings is 1. The van der Waals surface area contributed by atoms with E-state index >= 15 is 0 Å². The number of aliphatic carboxylic acids is 1. The van der Waals surface area contributed by atoms with E-state index in [2.05, 4.69) is 15.5 Å². The molecule has 0 radical (unpaired) electrons. The fourth-order valence-electron chi connectivity index (χ4n) is 1.82. The van der Waals surface area contributed by atoms with Gasteiger partial charge in [-0.1, -0.05) is 6.92 Å². The molecule has 0 atom stereocenters. The minimum atomic E-state index is -0.972. The summed E-state index contributed by atoms with van der Waals surface area (Å²) in [6.07, 6.45) is 0.577. The first-order valence-electron chi connectivity index (χ1n) is 5.82. The van der Waals surface area contributed by atoms with Gasteiger partial charge in [0.25, 0.3) is 0 Å². The first kappa shape index (κ1) is 13.0. The lowest BCUT2D eigenvalue weighted by molar-refractivity contribution is -0.136. The number of aromatic nitrogens is 4. The Morgan fingerprint density at radius 3 is 2.89 bits per heavy atom. The third-order valence-corrected chi connectivity index (χ3v) is 2.73. The Kier molecular flexibility index (Phi) is 3.74. The van der Waals surface area contributed by atoms with E-state index in [1.54, 1.807) is 13.2 Å². The number of aryl methyl sites for hydroxylation is 1. The minimum absolute atomic E-state index is 0.222. The molecule has 7 heteroatoms. The van der Waals surface area contributed by atoms with Crippen LogP contribution in [0.15, 0.2) is 18.2 Å². The Morgan fingerprint density at radius 1 is 1.47 bits per heavy atom. The maximum absolute atomic E-state index is 10.7. The largest absolute Gasteiger partial charge is 0.496 e. The molecule has 0 bridgehead atoms. The summed E-state index contributed by atoms with van der Waals surface area (Å²) in [7, 11) is 1.61. The van der Waals surface area contributed by atoms with E-state index in [1.807, 2.05) is 19.1 Å². The number of carboxylic acid groups (broad SMARTS) is 1. The van der Waals surface area contributed by atoms with Gasteiger partial charge in [0.1, 0.15) is 12.2 Å². The topological polar surface area (TPSA) is 90.1 Å². The first-order valence-corrected chi connectivity index (χ1v) is 5.82. The molecule has 2 aromatic rings. The van der Waals surface area contributed by atoms with Crippen molar-refractivity contribution >= 4 is 5.97 Å². The summed E-state index contributed by atoms with van der Waals surface area (Å²) < 4.78 is 6.67. The summed E-state index contributed by atoms with van der Waals surface area (Å²) in [4.78, 5) is 10.7. The van der Waals surface area contributed by atoms with Gasteiger partial charge in [0, 0.05) is 0 Å². The molecule has 1 heterocycles. The maximum atomic E-state index is 10.7. The lowest BCUT2D eigenvalue weighted by Crippen LogP contribution is -2.09. The van der Waals surface area contributed by atoms with Crippen molar-refractivity contribution in [2.24, 2.45) is 0 Å². The summed E-state index contributed by atoms with van der Waals surface area (Å²) in [6.45, 7) is 2.01. The third kappa shape index (κ3) is 2.70. The second kappa shape index (κ2) is 5.47. The fourth-order valence-corrected chi connectivity index (χ4v) is 1.82. The molecule has 1 N–H and O–H groups in total. The highest BCUT2D eigenvalue weighted by atomic mass is 16.5. The number of ether oxygens (including phenoxy) is 1. The van der Waals surface area contributed by atoms with Gasteiger partial charge >= 0.3 is 5.97 Å². The molecule has 0 aliphatic rings. The highest BCUT2D eigenvalue weighted by Gasteiger charge is 2.13. The quantitative estimate of drug-likeness (QED) is 0.859. The van der Waals surface area contributed by atoms with E-state index < -0.39 is 5.97 Å². The third-order valence-electron chi connectivity index (χ3n) is 2.73. The standard InChI is InChI=1S/C12H14N4O3/c1-3-8-6-9(4-5-10(8)19-2)16-11(7-12(17)18)13-14-15-16/h4-6H,3,7H2,1-2H3,(H,17,18). The zero-order valence-electron chi connectivity index (χ0n) is 10.7. The zero-order chi connectivity index (χ0) is 13.8. The molecule has 1 aromatic heterocycles. The Hall–Kier alpha value is -2.44. The van der Waals surface area contributed by atoms with Gasteiger partial charge in [0.15, 0.2) is 5.82 Å². The van der Waals surface area contributed by atoms with E-state index in [1.165, 1.54) is 4.68 Å². The fraction of sp³-hybridized carbons (Fsp3) is 0.333. The van der Waals surface area contributed by atoms with Crippen LogP contribution in [0, 0.1) is 0 Å². The van der Waals surface area contributed by atoms with Gasteiger partial charge in [-0.05, 0) is 40.6 Å². The average molecular weight is 262 g/mol. The first-order chi connectivity index (χ1) is 9.15. The van der Waals surface area contributed by atoms with E-state index in [0.29, 0.717) is 5.82 Å². The average Bonchev–Trinajstić information content (AvgIpc) is 2.85. The molecule has 7 nitrogen and oxygen atoms in total. The summed E-state index contributed by atoms with van der Waals surface area (Å²) in [5.41, 5.74) is 1.73. The number of methoxy groups -OCH3 is 1. The highest BCUT2D eigenvalue weighted by Crippen LogP contribution is 2.22. The maximum Gasteiger partial charge on any atom is 0.311 e. The van der Waals surface area contributed by atoms with Crippen molar-refractivity contribution in [2.75, 3.05) is 7.11 Å². The summed E-state index contributed by atoms with van der Waals surface area (Å²) >= 11 is 0. The zero-order valence-corrected chi connectivity index (χ0v) is 10.7. The number of hydrogen-bond acceptors (Lipinski definition) is 5. The number of carbonyl (C=O) groups is 1. The van der Waals surface area contributed by atoms with Gasteiger partial charge in [0.2, 0.25) is 0 Å². The predicted molar refractivity (Wildman–Crippen MR) is 66.4 cm³/mol. The summed E-state index contributed by atoms with van der Waals surface area (Å²) in [6, 6.07) is 5.50. The summed E-state index contributed by atoms with van der Waals surface area (Å²) in [5, 5.41) is 19.9. The molecular formula is C12H14N4O3. The van der Waals surface area contributed by atoms with Crippen molar-refractivity contribution in [1.29, 1.82) is 0 Å². The van der Waals surface area contributed by atoms with Crippen LogP contribution in [0.4, 0.5) is 0 Å². The number of hydrogen-bond donors (Lipinski definition) is 1. The molecule has 2 rings (SSSR count). The van der Waals surface area contributed by atoms with E-state index in [-0.39, 0.29) is 6.42 Å². The SMILES string of the molecule is CCc1cc(-n2nnnc2CC(=O)O)ccc1OC. The minimum Gasteiger partial charge on any atom is -0.496 e. The van der Waals surface area contributed by atoms with Crippen molar-refractivity contribution in [3.8, 4) is 11.4 Å². The summed E-state index contributed by atoms with van der Waals surface area (Å²) in [5.74, 6) is 0.110. The van der Waals surface area contributed by atoms with Gasteiger partial charge in [-0.25, -0.2) is 0 Å². The van der Waals surface area contributed by atoms with Crippen LogP contribution in [0.25, 0.3) is 5.69 Å². The lowest BCUT2D eigenvalue weighted by Gasteiger charge is -2.09. The van der Waals surface area contributed by atoms with Crippen LogP contribution in [0.3, 0.4) is 0 Å². The van der Waals surface area contributed by atoms with Gasteiger partial charge in [-0.2, -0.15) is 4.68 Å². The Labute approximate surface area is 109 Å².